The number of halogens is 1. The molecule has 0 aromatic carbocycles. The van der Waals surface area contributed by atoms with Gasteiger partial charge in [-0.2, -0.15) is 5.10 Å². The molecule has 0 radical (unpaired) electrons. The fourth-order valence-electron chi connectivity index (χ4n) is 2.93. The molecule has 3 heterocycles. The summed E-state index contributed by atoms with van der Waals surface area (Å²) in [6.07, 6.45) is 5.23. The van der Waals surface area contributed by atoms with Gasteiger partial charge in [0.2, 0.25) is 0 Å². The number of aliphatic imine (C=N–C) groups is 1. The summed E-state index contributed by atoms with van der Waals surface area (Å²) in [6.45, 7) is 6.03. The van der Waals surface area contributed by atoms with E-state index in [9.17, 15) is 4.39 Å². The molecule has 0 bridgehead atoms. The molecule has 0 saturated heterocycles. The molecule has 10 heteroatoms. The van der Waals surface area contributed by atoms with Gasteiger partial charge in [-0.1, -0.05) is 11.7 Å². The second-order valence-electron chi connectivity index (χ2n) is 7.30. The first-order chi connectivity index (χ1) is 15.0. The maximum absolute atomic E-state index is 13.0. The molecule has 5 N–H and O–H groups in total. The van der Waals surface area contributed by atoms with Crippen LogP contribution in [-0.2, 0) is 6.54 Å². The van der Waals surface area contributed by atoms with Crippen LogP contribution in [-0.4, -0.2) is 26.0 Å². The van der Waals surface area contributed by atoms with Gasteiger partial charge in [0.05, 0.1) is 18.4 Å². The number of anilines is 1. The number of nitrogens with two attached hydrogens (primary N) is 1. The number of pyridine rings is 1. The molecule has 1 aliphatic carbocycles. The predicted octanol–water partition coefficient (Wildman–Crippen LogP) is 3.41. The molecule has 3 aromatic heterocycles. The van der Waals surface area contributed by atoms with Crippen molar-refractivity contribution in [1.82, 2.24) is 25.7 Å². The highest BCUT2D eigenvalue weighted by molar-refractivity contribution is 5.94. The minimum atomic E-state index is -0.407. The summed E-state index contributed by atoms with van der Waals surface area (Å²) in [5.74, 6) is 2.30. The normalized spacial score (nSPS) is 14.5. The van der Waals surface area contributed by atoms with E-state index in [4.69, 9.17) is 10.3 Å². The Kier molecular flexibility index (Phi) is 5.78. The van der Waals surface area contributed by atoms with Crippen molar-refractivity contribution in [2.45, 2.75) is 32.2 Å². The van der Waals surface area contributed by atoms with Crippen molar-refractivity contribution in [3.8, 4) is 11.4 Å². The van der Waals surface area contributed by atoms with Crippen LogP contribution in [0.3, 0.4) is 0 Å². The van der Waals surface area contributed by atoms with E-state index in [-0.39, 0.29) is 0 Å². The smallest absolute Gasteiger partial charge is 0.156 e. The quantitative estimate of drug-likeness (QED) is 0.389. The zero-order valence-electron chi connectivity index (χ0n) is 17.0. The second-order valence-corrected chi connectivity index (χ2v) is 7.30. The zero-order chi connectivity index (χ0) is 21.8. The molecule has 0 aliphatic heterocycles. The number of aromatic amines is 1. The summed E-state index contributed by atoms with van der Waals surface area (Å²) >= 11 is 0. The standard InChI is InChI=1S/C21H23FN8O/c1-12(7-20(23)27-21-9-18(28-29-21)14-3-4-14)26-13(2)24-11-16-8-19(30-31-16)17-6-5-15(22)10-25-17/h5-10,14,24H,2-4,11,23H2,1H3,(H2,27,28,29)/b20-7+,26-12-. The lowest BCUT2D eigenvalue weighted by atomic mass is 10.2. The van der Waals surface area contributed by atoms with E-state index in [2.05, 4.69) is 42.5 Å². The van der Waals surface area contributed by atoms with Crippen molar-refractivity contribution in [3.63, 3.8) is 0 Å². The van der Waals surface area contributed by atoms with Crippen LogP contribution in [0.1, 0.15) is 37.1 Å². The molecule has 1 fully saturated rings. The molecule has 4 rings (SSSR count). The molecule has 0 spiro atoms. The minimum Gasteiger partial charge on any atom is -0.385 e. The Bertz CT molecular complexity index is 1120. The number of H-pyrrole nitrogens is 1. The molecule has 1 aliphatic rings. The van der Waals surface area contributed by atoms with Crippen LogP contribution >= 0.6 is 0 Å². The summed E-state index contributed by atoms with van der Waals surface area (Å²) in [5, 5.41) is 17.3. The number of hydrogen-bond donors (Lipinski definition) is 4. The van der Waals surface area contributed by atoms with E-state index >= 15 is 0 Å². The van der Waals surface area contributed by atoms with Crippen LogP contribution in [0.4, 0.5) is 10.2 Å². The van der Waals surface area contributed by atoms with E-state index in [1.165, 1.54) is 25.0 Å². The third-order valence-electron chi connectivity index (χ3n) is 4.58. The Labute approximate surface area is 178 Å². The van der Waals surface area contributed by atoms with Gasteiger partial charge in [-0.15, -0.1) is 0 Å². The van der Waals surface area contributed by atoms with Gasteiger partial charge in [0, 0.05) is 29.5 Å². The van der Waals surface area contributed by atoms with E-state index in [0.717, 1.165) is 11.9 Å². The highest BCUT2D eigenvalue weighted by Crippen LogP contribution is 2.39. The minimum absolute atomic E-state index is 0.332. The van der Waals surface area contributed by atoms with Crippen molar-refractivity contribution in [3.05, 3.63) is 72.0 Å². The Hall–Kier alpha value is -3.95. The fraction of sp³-hybridized carbons (Fsp3) is 0.238. The van der Waals surface area contributed by atoms with Crippen molar-refractivity contribution >= 4 is 11.5 Å². The summed E-state index contributed by atoms with van der Waals surface area (Å²) < 4.78 is 18.3. The monoisotopic (exact) mass is 422 g/mol. The third kappa shape index (κ3) is 5.56. The lowest BCUT2D eigenvalue weighted by molar-refractivity contribution is 0.379. The van der Waals surface area contributed by atoms with E-state index in [0.29, 0.717) is 52.8 Å². The maximum Gasteiger partial charge on any atom is 0.156 e. The number of nitrogens with zero attached hydrogens (tertiary/aromatic N) is 4. The molecule has 160 valence electrons. The Morgan fingerprint density at radius 2 is 2.23 bits per heavy atom. The summed E-state index contributed by atoms with van der Waals surface area (Å²) in [6, 6.07) is 6.55. The van der Waals surface area contributed by atoms with Gasteiger partial charge < -0.3 is 20.9 Å². The van der Waals surface area contributed by atoms with Crippen LogP contribution in [0.2, 0.25) is 0 Å². The summed E-state index contributed by atoms with van der Waals surface area (Å²) in [7, 11) is 0. The predicted molar refractivity (Wildman–Crippen MR) is 115 cm³/mol. The number of hydrogen-bond acceptors (Lipinski definition) is 8. The van der Waals surface area contributed by atoms with Crippen LogP contribution in [0.5, 0.6) is 0 Å². The van der Waals surface area contributed by atoms with Crippen LogP contribution in [0.15, 0.2) is 64.3 Å². The molecule has 3 aromatic rings. The Balaban J connectivity index is 1.28. The molecule has 31 heavy (non-hydrogen) atoms. The van der Waals surface area contributed by atoms with Crippen molar-refractivity contribution in [1.29, 1.82) is 0 Å². The molecular weight excluding hydrogens is 399 g/mol. The lowest BCUT2D eigenvalue weighted by Crippen LogP contribution is -2.13. The van der Waals surface area contributed by atoms with Gasteiger partial charge in [-0.3, -0.25) is 10.1 Å². The summed E-state index contributed by atoms with van der Waals surface area (Å²) in [5.41, 5.74) is 8.87. The lowest BCUT2D eigenvalue weighted by Gasteiger charge is -2.05. The average molecular weight is 422 g/mol. The Morgan fingerprint density at radius 1 is 1.39 bits per heavy atom. The average Bonchev–Trinajstić information content (AvgIpc) is 3.29. The fourth-order valence-corrected chi connectivity index (χ4v) is 2.93. The van der Waals surface area contributed by atoms with Crippen LogP contribution in [0.25, 0.3) is 11.4 Å². The number of rotatable bonds is 9. The molecule has 1 saturated carbocycles. The van der Waals surface area contributed by atoms with Crippen molar-refractivity contribution in [2.24, 2.45) is 10.7 Å². The topological polar surface area (TPSA) is 130 Å². The first kappa shape index (κ1) is 20.3. The van der Waals surface area contributed by atoms with Gasteiger partial charge in [0.1, 0.15) is 23.2 Å². The summed E-state index contributed by atoms with van der Waals surface area (Å²) in [4.78, 5) is 8.34. The van der Waals surface area contributed by atoms with Crippen molar-refractivity contribution < 1.29 is 8.91 Å². The van der Waals surface area contributed by atoms with E-state index < -0.39 is 5.82 Å². The molecule has 0 atom stereocenters. The second kappa shape index (κ2) is 8.82. The van der Waals surface area contributed by atoms with Gasteiger partial charge in [0.15, 0.2) is 11.6 Å². The molecular formula is C21H23FN8O. The highest BCUT2D eigenvalue weighted by Gasteiger charge is 2.25. The highest BCUT2D eigenvalue weighted by atomic mass is 19.1. The molecule has 0 unspecified atom stereocenters. The van der Waals surface area contributed by atoms with E-state index in [1.807, 2.05) is 13.0 Å². The van der Waals surface area contributed by atoms with Crippen LogP contribution < -0.4 is 16.4 Å². The zero-order valence-corrected chi connectivity index (χ0v) is 17.0. The van der Waals surface area contributed by atoms with E-state index in [1.54, 1.807) is 12.1 Å². The maximum atomic E-state index is 13.0. The van der Waals surface area contributed by atoms with Crippen LogP contribution in [0, 0.1) is 5.82 Å². The van der Waals surface area contributed by atoms with Gasteiger partial charge >= 0.3 is 0 Å². The number of allylic oxidation sites excluding steroid dienone is 1. The van der Waals surface area contributed by atoms with Gasteiger partial charge in [-0.05, 0) is 38.0 Å². The van der Waals surface area contributed by atoms with Gasteiger partial charge in [-0.25, -0.2) is 9.38 Å². The SMILES string of the molecule is C=C(/N=C(C)\C=C(/N)Nc1cc(C2CC2)[nH]n1)NCc1cc(-c2ccc(F)cn2)no1. The molecule has 9 nitrogen and oxygen atoms in total. The Morgan fingerprint density at radius 3 is 2.97 bits per heavy atom. The van der Waals surface area contributed by atoms with Crippen molar-refractivity contribution in [2.75, 3.05) is 5.32 Å². The molecule has 0 amide bonds. The largest absolute Gasteiger partial charge is 0.385 e. The first-order valence-electron chi connectivity index (χ1n) is 9.81. The van der Waals surface area contributed by atoms with Gasteiger partial charge in [0.25, 0.3) is 0 Å². The first-order valence-corrected chi connectivity index (χ1v) is 9.81. The third-order valence-corrected chi connectivity index (χ3v) is 4.58. The number of nitrogens with one attached hydrogen (secondary N) is 3. The number of aromatic nitrogens is 4.